The highest BCUT2D eigenvalue weighted by Gasteiger charge is 2.31. The lowest BCUT2D eigenvalue weighted by molar-refractivity contribution is 0.0984. The molecule has 2 aromatic heterocycles. The van der Waals surface area contributed by atoms with Crippen LogP contribution in [0, 0.1) is 18.2 Å². The van der Waals surface area contributed by atoms with Gasteiger partial charge in [0.25, 0.3) is 0 Å². The van der Waals surface area contributed by atoms with Gasteiger partial charge in [-0.2, -0.15) is 0 Å². The number of carbonyl (C=O) groups excluding carboxylic acids is 1. The van der Waals surface area contributed by atoms with E-state index in [1.807, 2.05) is 13.0 Å². The molecule has 0 radical (unpaired) electrons. The largest absolute Gasteiger partial charge is 0.379 e. The number of ketones is 1. The molecule has 3 heterocycles. The van der Waals surface area contributed by atoms with Gasteiger partial charge in [0.15, 0.2) is 16.8 Å². The number of carbonyl (C=O) groups is 1. The highest BCUT2D eigenvalue weighted by molar-refractivity contribution is 8.13. The quantitative estimate of drug-likeness (QED) is 0.663. The van der Waals surface area contributed by atoms with Crippen molar-refractivity contribution in [3.63, 3.8) is 0 Å². The van der Waals surface area contributed by atoms with Crippen LogP contribution in [-0.2, 0) is 12.0 Å². The first-order valence-electron chi connectivity index (χ1n) is 8.00. The van der Waals surface area contributed by atoms with Crippen molar-refractivity contribution < 1.29 is 9.18 Å². The summed E-state index contributed by atoms with van der Waals surface area (Å²) in [6, 6.07) is 4.68. The molecule has 5 nitrogen and oxygen atoms in total. The van der Waals surface area contributed by atoms with Crippen LogP contribution in [-0.4, -0.2) is 26.7 Å². The van der Waals surface area contributed by atoms with Crippen molar-refractivity contribution in [2.24, 2.45) is 10.7 Å². The summed E-state index contributed by atoms with van der Waals surface area (Å²) < 4.78 is 14.0. The van der Waals surface area contributed by atoms with Crippen molar-refractivity contribution in [1.82, 2.24) is 9.97 Å². The zero-order valence-corrected chi connectivity index (χ0v) is 15.0. The number of aliphatic imine (C=N–C) groups is 1. The van der Waals surface area contributed by atoms with Crippen LogP contribution in [0.5, 0.6) is 0 Å². The van der Waals surface area contributed by atoms with E-state index in [0.717, 1.165) is 29.5 Å². The van der Waals surface area contributed by atoms with Crippen LogP contribution in [0.4, 0.5) is 4.39 Å². The summed E-state index contributed by atoms with van der Waals surface area (Å²) in [5.41, 5.74) is 6.86. The number of thioether (sulfide) groups is 1. The van der Waals surface area contributed by atoms with Crippen LogP contribution >= 0.6 is 11.8 Å². The van der Waals surface area contributed by atoms with Crippen molar-refractivity contribution in [2.75, 3.05) is 5.75 Å². The second kappa shape index (κ2) is 7.26. The van der Waals surface area contributed by atoms with Gasteiger partial charge in [0.2, 0.25) is 0 Å². The number of amidine groups is 1. The average Bonchev–Trinajstić information content (AvgIpc) is 2.61. The van der Waals surface area contributed by atoms with Gasteiger partial charge in [-0.25, -0.2) is 14.4 Å². The Kier molecular flexibility index (Phi) is 5.05. The molecule has 0 bridgehead atoms. The van der Waals surface area contributed by atoms with E-state index in [-0.39, 0.29) is 12.1 Å². The van der Waals surface area contributed by atoms with Crippen molar-refractivity contribution in [2.45, 2.75) is 25.3 Å². The van der Waals surface area contributed by atoms with E-state index < -0.39 is 17.1 Å². The molecule has 3 rings (SSSR count). The summed E-state index contributed by atoms with van der Waals surface area (Å²) in [6.07, 6.45) is 8.96. The predicted octanol–water partition coefficient (Wildman–Crippen LogP) is 2.69. The predicted molar refractivity (Wildman–Crippen MR) is 100 cm³/mol. The molecule has 26 heavy (non-hydrogen) atoms. The second-order valence-electron chi connectivity index (χ2n) is 6.17. The third kappa shape index (κ3) is 3.75. The maximum absolute atomic E-state index is 14.0. The summed E-state index contributed by atoms with van der Waals surface area (Å²) in [4.78, 5) is 25.2. The number of Topliss-reactive ketones (excluding diaryl/α,β-unsaturated/α-hetero) is 1. The lowest BCUT2D eigenvalue weighted by Gasteiger charge is -2.28. The maximum atomic E-state index is 14.0. The SMILES string of the molecule is C#Cc1cnc(C(=O)Cc2ccnc([C@]3(C)CCSC(N)=N3)c2)c(F)c1. The molecule has 0 fully saturated rings. The van der Waals surface area contributed by atoms with Gasteiger partial charge in [-0.3, -0.25) is 9.78 Å². The van der Waals surface area contributed by atoms with Gasteiger partial charge < -0.3 is 5.73 Å². The number of hydrogen-bond donors (Lipinski definition) is 1. The van der Waals surface area contributed by atoms with Crippen LogP contribution in [0.1, 0.15) is 40.7 Å². The van der Waals surface area contributed by atoms with Gasteiger partial charge in [0.05, 0.1) is 5.69 Å². The minimum absolute atomic E-state index is 0.0128. The topological polar surface area (TPSA) is 81.2 Å². The van der Waals surface area contributed by atoms with Gasteiger partial charge in [0, 0.05) is 30.1 Å². The van der Waals surface area contributed by atoms with Crippen molar-refractivity contribution in [1.29, 1.82) is 0 Å². The molecule has 1 aliphatic heterocycles. The van der Waals surface area contributed by atoms with E-state index in [9.17, 15) is 9.18 Å². The fourth-order valence-corrected chi connectivity index (χ4v) is 3.72. The second-order valence-corrected chi connectivity index (χ2v) is 7.29. The molecule has 2 N–H and O–H groups in total. The number of nitrogens with zero attached hydrogens (tertiary/aromatic N) is 3. The number of terminal acetylenes is 1. The van der Waals surface area contributed by atoms with Gasteiger partial charge in [-0.1, -0.05) is 17.7 Å². The fourth-order valence-electron chi connectivity index (χ4n) is 2.74. The molecule has 1 aliphatic rings. The molecule has 2 aromatic rings. The van der Waals surface area contributed by atoms with Gasteiger partial charge in [-0.15, -0.1) is 6.42 Å². The molecule has 1 atom stereocenters. The minimum atomic E-state index is -0.714. The number of hydrogen-bond acceptors (Lipinski definition) is 6. The Balaban J connectivity index is 1.84. The van der Waals surface area contributed by atoms with E-state index >= 15 is 0 Å². The van der Waals surface area contributed by atoms with E-state index in [1.54, 1.807) is 12.3 Å². The molecule has 0 saturated heterocycles. The Morgan fingerprint density at radius 1 is 1.46 bits per heavy atom. The molecule has 0 spiro atoms. The molecule has 0 amide bonds. The molecule has 132 valence electrons. The van der Waals surface area contributed by atoms with Crippen molar-refractivity contribution in [3.8, 4) is 12.3 Å². The molecular formula is C19H17FN4OS. The van der Waals surface area contributed by atoms with E-state index in [1.165, 1.54) is 18.0 Å². The van der Waals surface area contributed by atoms with E-state index in [2.05, 4.69) is 20.9 Å². The molecule has 0 aliphatic carbocycles. The summed E-state index contributed by atoms with van der Waals surface area (Å²) in [5.74, 6) is 2.01. The molecule has 0 aromatic carbocycles. The molecule has 0 saturated carbocycles. The summed E-state index contributed by atoms with van der Waals surface area (Å²) in [5, 5.41) is 0.530. The Morgan fingerprint density at radius 3 is 2.96 bits per heavy atom. The van der Waals surface area contributed by atoms with Crippen LogP contribution in [0.15, 0.2) is 35.6 Å². The van der Waals surface area contributed by atoms with Gasteiger partial charge in [0.1, 0.15) is 11.2 Å². The lowest BCUT2D eigenvalue weighted by atomic mass is 9.92. The van der Waals surface area contributed by atoms with E-state index in [0.29, 0.717) is 10.7 Å². The molecule has 7 heteroatoms. The monoisotopic (exact) mass is 368 g/mol. The molecular weight excluding hydrogens is 351 g/mol. The van der Waals surface area contributed by atoms with Crippen LogP contribution in [0.25, 0.3) is 0 Å². The van der Waals surface area contributed by atoms with Crippen LogP contribution < -0.4 is 5.73 Å². The first-order valence-corrected chi connectivity index (χ1v) is 8.99. The Bertz CT molecular complexity index is 937. The first-order chi connectivity index (χ1) is 12.4. The molecule has 0 unspecified atom stereocenters. The average molecular weight is 368 g/mol. The Hall–Kier alpha value is -2.72. The van der Waals surface area contributed by atoms with Crippen molar-refractivity contribution >= 4 is 22.7 Å². The van der Waals surface area contributed by atoms with Gasteiger partial charge in [-0.05, 0) is 37.1 Å². The smallest absolute Gasteiger partial charge is 0.188 e. The van der Waals surface area contributed by atoms with Crippen molar-refractivity contribution in [3.05, 3.63) is 58.9 Å². The third-order valence-corrected chi connectivity index (χ3v) is 5.00. The van der Waals surface area contributed by atoms with Gasteiger partial charge >= 0.3 is 0 Å². The van der Waals surface area contributed by atoms with Crippen LogP contribution in [0.3, 0.4) is 0 Å². The zero-order valence-electron chi connectivity index (χ0n) is 14.2. The number of rotatable bonds is 4. The summed E-state index contributed by atoms with van der Waals surface area (Å²) in [6.45, 7) is 1.97. The third-order valence-electron chi connectivity index (χ3n) is 4.21. The van der Waals surface area contributed by atoms with Crippen LogP contribution in [0.2, 0.25) is 0 Å². The Labute approximate surface area is 155 Å². The normalized spacial score (nSPS) is 19.5. The summed E-state index contributed by atoms with van der Waals surface area (Å²) in [7, 11) is 0. The highest BCUT2D eigenvalue weighted by atomic mass is 32.2. The number of halogens is 1. The maximum Gasteiger partial charge on any atom is 0.188 e. The number of nitrogens with two attached hydrogens (primary N) is 1. The standard InChI is InChI=1S/C19H17FN4OS/c1-3-12-8-14(20)17(23-11-12)15(25)9-13-4-6-22-16(10-13)19(2)5-7-26-18(21)24-19/h1,4,6,8,10-11H,5,7,9H2,2H3,(H2,21,24)/t19-/m0/s1. The minimum Gasteiger partial charge on any atom is -0.379 e. The highest BCUT2D eigenvalue weighted by Crippen LogP contribution is 2.34. The number of aromatic nitrogens is 2. The first kappa shape index (κ1) is 18.1. The van der Waals surface area contributed by atoms with E-state index in [4.69, 9.17) is 12.2 Å². The lowest BCUT2D eigenvalue weighted by Crippen LogP contribution is -2.29. The zero-order chi connectivity index (χ0) is 18.7. The fraction of sp³-hybridized carbons (Fsp3) is 0.263. The Morgan fingerprint density at radius 2 is 2.27 bits per heavy atom. The summed E-state index contributed by atoms with van der Waals surface area (Å²) >= 11 is 1.51. The number of pyridine rings is 2.